The molecular formula is C16H30O2. The number of unbranched alkanes of at least 4 members (excludes halogenated alkanes) is 6. The van der Waals surface area contributed by atoms with Crippen molar-refractivity contribution in [3.8, 4) is 0 Å². The summed E-state index contributed by atoms with van der Waals surface area (Å²) in [4.78, 5) is 10.3. The summed E-state index contributed by atoms with van der Waals surface area (Å²) >= 11 is 0. The summed E-state index contributed by atoms with van der Waals surface area (Å²) in [6.07, 6.45) is 15.6. The molecule has 0 amide bonds. The van der Waals surface area contributed by atoms with Crippen LogP contribution < -0.4 is 0 Å². The summed E-state index contributed by atoms with van der Waals surface area (Å²) in [7, 11) is 0. The van der Waals surface area contributed by atoms with Gasteiger partial charge in [0, 0.05) is 6.42 Å². The maximum absolute atomic E-state index is 10.3. The number of carbonyl (C=O) groups is 1. The smallest absolute Gasteiger partial charge is 0.303 e. The highest BCUT2D eigenvalue weighted by Crippen LogP contribution is 2.12. The van der Waals surface area contributed by atoms with Crippen LogP contribution in [-0.4, -0.2) is 11.1 Å². The molecule has 0 spiro atoms. The fourth-order valence-electron chi connectivity index (χ4n) is 1.96. The van der Waals surface area contributed by atoms with E-state index in [9.17, 15) is 4.79 Å². The minimum absolute atomic E-state index is 0.256. The van der Waals surface area contributed by atoms with Crippen LogP contribution in [0.4, 0.5) is 0 Å². The van der Waals surface area contributed by atoms with Gasteiger partial charge in [0.15, 0.2) is 0 Å². The van der Waals surface area contributed by atoms with Crippen molar-refractivity contribution in [2.24, 2.45) is 5.92 Å². The van der Waals surface area contributed by atoms with Crippen molar-refractivity contribution >= 4 is 5.97 Å². The van der Waals surface area contributed by atoms with Gasteiger partial charge >= 0.3 is 5.97 Å². The lowest BCUT2D eigenvalue weighted by atomic mass is 10.0. The number of carboxylic acid groups (broad SMARTS) is 1. The summed E-state index contributed by atoms with van der Waals surface area (Å²) in [6.45, 7) is 4.58. The number of rotatable bonds is 12. The molecule has 0 atom stereocenters. The molecule has 0 aromatic rings. The first kappa shape index (κ1) is 17.2. The lowest BCUT2D eigenvalue weighted by Gasteiger charge is -2.03. The topological polar surface area (TPSA) is 37.3 Å². The molecule has 0 saturated carbocycles. The molecule has 0 aliphatic heterocycles. The normalized spacial score (nSPS) is 11.5. The minimum Gasteiger partial charge on any atom is -0.481 e. The highest BCUT2D eigenvalue weighted by atomic mass is 16.4. The summed E-state index contributed by atoms with van der Waals surface area (Å²) in [5, 5.41) is 8.46. The zero-order valence-corrected chi connectivity index (χ0v) is 12.2. The Labute approximate surface area is 112 Å². The van der Waals surface area contributed by atoms with Crippen molar-refractivity contribution in [3.05, 3.63) is 12.2 Å². The third-order valence-corrected chi connectivity index (χ3v) is 3.09. The monoisotopic (exact) mass is 254 g/mol. The maximum atomic E-state index is 10.3. The van der Waals surface area contributed by atoms with Crippen molar-refractivity contribution in [2.75, 3.05) is 0 Å². The highest BCUT2D eigenvalue weighted by molar-refractivity contribution is 5.66. The van der Waals surface area contributed by atoms with E-state index < -0.39 is 5.97 Å². The molecule has 0 aromatic carbocycles. The van der Waals surface area contributed by atoms with Crippen LogP contribution in [-0.2, 0) is 4.79 Å². The van der Waals surface area contributed by atoms with Crippen LogP contribution in [0.2, 0.25) is 0 Å². The fourth-order valence-corrected chi connectivity index (χ4v) is 1.96. The molecule has 106 valence electrons. The molecule has 0 unspecified atom stereocenters. The summed E-state index contributed by atoms with van der Waals surface area (Å²) < 4.78 is 0. The van der Waals surface area contributed by atoms with Gasteiger partial charge in [-0.25, -0.2) is 0 Å². The van der Waals surface area contributed by atoms with Crippen LogP contribution >= 0.6 is 0 Å². The van der Waals surface area contributed by atoms with Gasteiger partial charge < -0.3 is 5.11 Å². The molecule has 1 N–H and O–H groups in total. The maximum Gasteiger partial charge on any atom is 0.303 e. The average molecular weight is 254 g/mol. The Morgan fingerprint density at radius 3 is 2.11 bits per heavy atom. The van der Waals surface area contributed by atoms with Crippen molar-refractivity contribution in [1.82, 2.24) is 0 Å². The van der Waals surface area contributed by atoms with Gasteiger partial charge in [-0.1, -0.05) is 64.5 Å². The number of hydrogen-bond donors (Lipinski definition) is 1. The van der Waals surface area contributed by atoms with E-state index in [1.807, 2.05) is 6.08 Å². The minimum atomic E-state index is -0.707. The van der Waals surface area contributed by atoms with Gasteiger partial charge in [-0.3, -0.25) is 4.79 Å². The second-order valence-corrected chi connectivity index (χ2v) is 5.50. The van der Waals surface area contributed by atoms with Crippen molar-refractivity contribution in [2.45, 2.75) is 78.1 Å². The van der Waals surface area contributed by atoms with Crippen LogP contribution in [0.1, 0.15) is 78.1 Å². The van der Waals surface area contributed by atoms with Gasteiger partial charge in [0.05, 0.1) is 0 Å². The van der Waals surface area contributed by atoms with Crippen LogP contribution in [0.5, 0.6) is 0 Å². The van der Waals surface area contributed by atoms with Crippen molar-refractivity contribution in [1.29, 1.82) is 0 Å². The largest absolute Gasteiger partial charge is 0.481 e. The third kappa shape index (κ3) is 15.2. The van der Waals surface area contributed by atoms with Gasteiger partial charge in [-0.05, 0) is 25.2 Å². The van der Waals surface area contributed by atoms with E-state index in [2.05, 4.69) is 19.9 Å². The molecule has 0 aliphatic rings. The lowest BCUT2D eigenvalue weighted by Crippen LogP contribution is -1.91. The predicted octanol–water partition coefficient (Wildman–Crippen LogP) is 5.18. The van der Waals surface area contributed by atoms with E-state index in [-0.39, 0.29) is 6.42 Å². The first-order valence-corrected chi connectivity index (χ1v) is 7.49. The molecule has 0 aliphatic carbocycles. The number of aliphatic carboxylic acids is 1. The van der Waals surface area contributed by atoms with E-state index in [0.717, 1.165) is 12.3 Å². The Kier molecular flexibility index (Phi) is 12.1. The van der Waals surface area contributed by atoms with E-state index in [4.69, 9.17) is 5.11 Å². The fraction of sp³-hybridized carbons (Fsp3) is 0.812. The third-order valence-electron chi connectivity index (χ3n) is 3.09. The van der Waals surface area contributed by atoms with E-state index in [1.165, 1.54) is 44.9 Å². The Bertz CT molecular complexity index is 219. The molecule has 2 nitrogen and oxygen atoms in total. The summed E-state index contributed by atoms with van der Waals surface area (Å²) in [5.74, 6) is 0.141. The Hall–Kier alpha value is -0.790. The zero-order valence-electron chi connectivity index (χ0n) is 12.2. The van der Waals surface area contributed by atoms with Gasteiger partial charge in [0.2, 0.25) is 0 Å². The lowest BCUT2D eigenvalue weighted by molar-refractivity contribution is -0.136. The molecule has 0 rings (SSSR count). The molecule has 2 heteroatoms. The van der Waals surface area contributed by atoms with Crippen molar-refractivity contribution in [3.63, 3.8) is 0 Å². The van der Waals surface area contributed by atoms with E-state index in [1.54, 1.807) is 0 Å². The average Bonchev–Trinajstić information content (AvgIpc) is 2.29. The van der Waals surface area contributed by atoms with Gasteiger partial charge in [-0.2, -0.15) is 0 Å². The van der Waals surface area contributed by atoms with Crippen LogP contribution in [0.3, 0.4) is 0 Å². The molecule has 0 radical (unpaired) electrons. The van der Waals surface area contributed by atoms with Crippen LogP contribution in [0.15, 0.2) is 12.2 Å². The Morgan fingerprint density at radius 2 is 1.50 bits per heavy atom. The second kappa shape index (κ2) is 12.7. The van der Waals surface area contributed by atoms with Crippen molar-refractivity contribution < 1.29 is 9.90 Å². The van der Waals surface area contributed by atoms with Gasteiger partial charge in [0.25, 0.3) is 0 Å². The molecule has 0 heterocycles. The zero-order chi connectivity index (χ0) is 13.6. The second-order valence-electron chi connectivity index (χ2n) is 5.50. The highest BCUT2D eigenvalue weighted by Gasteiger charge is 1.94. The molecular weight excluding hydrogens is 224 g/mol. The van der Waals surface area contributed by atoms with Gasteiger partial charge in [-0.15, -0.1) is 0 Å². The first-order chi connectivity index (χ1) is 8.63. The first-order valence-electron chi connectivity index (χ1n) is 7.49. The van der Waals surface area contributed by atoms with Crippen LogP contribution in [0.25, 0.3) is 0 Å². The van der Waals surface area contributed by atoms with Gasteiger partial charge in [0.1, 0.15) is 0 Å². The Balaban J connectivity index is 3.09. The summed E-state index contributed by atoms with van der Waals surface area (Å²) in [5.41, 5.74) is 0. The Morgan fingerprint density at radius 1 is 0.944 bits per heavy atom. The molecule has 0 aromatic heterocycles. The quantitative estimate of drug-likeness (QED) is 0.384. The van der Waals surface area contributed by atoms with E-state index in [0.29, 0.717) is 6.42 Å². The predicted molar refractivity (Wildman–Crippen MR) is 77.8 cm³/mol. The molecule has 0 bridgehead atoms. The standard InChI is InChI=1S/C16H30O2/c1-15(2)13-11-9-7-5-3-4-6-8-10-12-14-16(17)18/h8,10,15H,3-7,9,11-14H2,1-2H3,(H,17,18)/b10-8+. The molecule has 18 heavy (non-hydrogen) atoms. The molecule has 0 saturated heterocycles. The van der Waals surface area contributed by atoms with Crippen LogP contribution in [0, 0.1) is 5.92 Å². The number of allylic oxidation sites excluding steroid dienone is 2. The van der Waals surface area contributed by atoms with E-state index >= 15 is 0 Å². The molecule has 0 fully saturated rings. The SMILES string of the molecule is CC(C)CCCCCCCC/C=C/CCC(=O)O. The number of hydrogen-bond acceptors (Lipinski definition) is 1. The summed E-state index contributed by atoms with van der Waals surface area (Å²) in [6, 6.07) is 0. The number of carboxylic acids is 1.